The van der Waals surface area contributed by atoms with Crippen LogP contribution in [0.1, 0.15) is 22.4 Å². The SMILES string of the molecule is Cc1nnsc1C(NN)c1cc2cccc(Cl)c2o1. The fraction of sp³-hybridized carbons (Fsp3) is 0.167. The van der Waals surface area contributed by atoms with Gasteiger partial charge in [0.25, 0.3) is 0 Å². The summed E-state index contributed by atoms with van der Waals surface area (Å²) in [5, 5.41) is 5.51. The minimum Gasteiger partial charge on any atom is -0.457 e. The van der Waals surface area contributed by atoms with E-state index in [4.69, 9.17) is 21.9 Å². The molecule has 19 heavy (non-hydrogen) atoms. The molecule has 3 rings (SSSR count). The monoisotopic (exact) mass is 294 g/mol. The molecule has 0 saturated carbocycles. The molecule has 2 heterocycles. The summed E-state index contributed by atoms with van der Waals surface area (Å²) in [5.74, 6) is 6.33. The van der Waals surface area contributed by atoms with Crippen LogP contribution in [0.3, 0.4) is 0 Å². The number of benzene rings is 1. The Morgan fingerprint density at radius 1 is 1.47 bits per heavy atom. The highest BCUT2D eigenvalue weighted by Gasteiger charge is 2.22. The Kier molecular flexibility index (Phi) is 3.24. The fourth-order valence-electron chi connectivity index (χ4n) is 1.98. The summed E-state index contributed by atoms with van der Waals surface area (Å²) in [5.41, 5.74) is 4.23. The van der Waals surface area contributed by atoms with E-state index in [0.717, 1.165) is 16.0 Å². The van der Waals surface area contributed by atoms with Crippen LogP contribution in [0.5, 0.6) is 0 Å². The van der Waals surface area contributed by atoms with Gasteiger partial charge >= 0.3 is 0 Å². The van der Waals surface area contributed by atoms with Gasteiger partial charge in [-0.2, -0.15) is 0 Å². The highest BCUT2D eigenvalue weighted by Crippen LogP contribution is 2.33. The number of aromatic nitrogens is 2. The quantitative estimate of drug-likeness (QED) is 0.574. The molecule has 0 aliphatic rings. The van der Waals surface area contributed by atoms with Crippen molar-refractivity contribution in [3.63, 3.8) is 0 Å². The Labute approximate surface area is 118 Å². The molecule has 1 unspecified atom stereocenters. The smallest absolute Gasteiger partial charge is 0.152 e. The van der Waals surface area contributed by atoms with Gasteiger partial charge in [0.15, 0.2) is 5.58 Å². The molecule has 0 spiro atoms. The van der Waals surface area contributed by atoms with Crippen LogP contribution in [0.4, 0.5) is 0 Å². The zero-order valence-electron chi connectivity index (χ0n) is 10.1. The molecule has 0 bridgehead atoms. The van der Waals surface area contributed by atoms with Crippen molar-refractivity contribution >= 4 is 34.1 Å². The molecule has 7 heteroatoms. The number of furan rings is 1. The molecule has 0 fully saturated rings. The second kappa shape index (κ2) is 4.90. The lowest BCUT2D eigenvalue weighted by Gasteiger charge is -2.10. The zero-order chi connectivity index (χ0) is 13.4. The maximum Gasteiger partial charge on any atom is 0.152 e. The number of hydrogen-bond donors (Lipinski definition) is 2. The van der Waals surface area contributed by atoms with Gasteiger partial charge in [-0.1, -0.05) is 28.2 Å². The highest BCUT2D eigenvalue weighted by atomic mass is 35.5. The van der Waals surface area contributed by atoms with Crippen LogP contribution >= 0.6 is 23.1 Å². The zero-order valence-corrected chi connectivity index (χ0v) is 11.6. The predicted octanol–water partition coefficient (Wildman–Crippen LogP) is 2.80. The Morgan fingerprint density at radius 2 is 2.32 bits per heavy atom. The maximum atomic E-state index is 6.11. The van der Waals surface area contributed by atoms with Gasteiger partial charge in [-0.05, 0) is 30.6 Å². The van der Waals surface area contributed by atoms with Crippen LogP contribution in [-0.4, -0.2) is 9.59 Å². The summed E-state index contributed by atoms with van der Waals surface area (Å²) in [6.07, 6.45) is 0. The van der Waals surface area contributed by atoms with E-state index in [9.17, 15) is 0 Å². The first-order valence-corrected chi connectivity index (χ1v) is 6.78. The first kappa shape index (κ1) is 12.6. The van der Waals surface area contributed by atoms with Gasteiger partial charge in [-0.15, -0.1) is 5.10 Å². The van der Waals surface area contributed by atoms with Crippen LogP contribution < -0.4 is 11.3 Å². The molecule has 0 aliphatic carbocycles. The largest absolute Gasteiger partial charge is 0.457 e. The Hall–Kier alpha value is -1.47. The van der Waals surface area contributed by atoms with Gasteiger partial charge in [0.1, 0.15) is 11.8 Å². The van der Waals surface area contributed by atoms with Crippen molar-refractivity contribution in [2.24, 2.45) is 5.84 Å². The van der Waals surface area contributed by atoms with Crippen LogP contribution in [0, 0.1) is 6.92 Å². The number of rotatable bonds is 3. The van der Waals surface area contributed by atoms with Crippen molar-refractivity contribution in [3.05, 3.63) is 45.6 Å². The van der Waals surface area contributed by atoms with E-state index in [-0.39, 0.29) is 6.04 Å². The number of nitrogens with two attached hydrogens (primary N) is 1. The van der Waals surface area contributed by atoms with Gasteiger partial charge < -0.3 is 4.42 Å². The number of halogens is 1. The first-order valence-electron chi connectivity index (χ1n) is 5.63. The standard InChI is InChI=1S/C12H11ClN4OS/c1-6-12(19-17-16-6)10(15-14)9-5-7-3-2-4-8(13)11(7)18-9/h2-5,10,15H,14H2,1H3. The van der Waals surface area contributed by atoms with E-state index in [1.807, 2.05) is 25.1 Å². The van der Waals surface area contributed by atoms with Gasteiger partial charge in [0.05, 0.1) is 15.6 Å². The number of hydrazine groups is 1. The predicted molar refractivity (Wildman–Crippen MR) is 75.0 cm³/mol. The van der Waals surface area contributed by atoms with Crippen LogP contribution in [-0.2, 0) is 0 Å². The number of aryl methyl sites for hydroxylation is 1. The molecule has 0 amide bonds. The number of hydrogen-bond acceptors (Lipinski definition) is 6. The number of nitrogens with zero attached hydrogens (tertiary/aromatic N) is 2. The van der Waals surface area contributed by atoms with E-state index in [0.29, 0.717) is 16.4 Å². The van der Waals surface area contributed by atoms with Gasteiger partial charge in [0.2, 0.25) is 0 Å². The average Bonchev–Trinajstić information content (AvgIpc) is 2.99. The van der Waals surface area contributed by atoms with Crippen molar-refractivity contribution in [2.75, 3.05) is 0 Å². The van der Waals surface area contributed by atoms with Crippen LogP contribution in [0.25, 0.3) is 11.0 Å². The summed E-state index contributed by atoms with van der Waals surface area (Å²) in [4.78, 5) is 0.928. The average molecular weight is 295 g/mol. The third kappa shape index (κ3) is 2.12. The first-order chi connectivity index (χ1) is 9.20. The molecule has 1 aromatic carbocycles. The molecule has 3 aromatic rings. The van der Waals surface area contributed by atoms with Crippen molar-refractivity contribution in [1.29, 1.82) is 0 Å². The van der Waals surface area contributed by atoms with Crippen molar-refractivity contribution in [1.82, 2.24) is 15.0 Å². The number of nitrogens with one attached hydrogen (secondary N) is 1. The number of para-hydroxylation sites is 1. The Balaban J connectivity index is 2.12. The lowest BCUT2D eigenvalue weighted by molar-refractivity contribution is 0.480. The molecule has 5 nitrogen and oxygen atoms in total. The summed E-state index contributed by atoms with van der Waals surface area (Å²) in [7, 11) is 0. The molecule has 0 radical (unpaired) electrons. The number of fused-ring (bicyclic) bond motifs is 1. The van der Waals surface area contributed by atoms with E-state index in [2.05, 4.69) is 15.0 Å². The van der Waals surface area contributed by atoms with E-state index in [1.165, 1.54) is 11.5 Å². The van der Waals surface area contributed by atoms with E-state index in [1.54, 1.807) is 6.07 Å². The Bertz CT molecular complexity index is 723. The fourth-order valence-corrected chi connectivity index (χ4v) is 2.91. The molecular formula is C12H11ClN4OS. The molecule has 1 atom stereocenters. The minimum atomic E-state index is -0.275. The molecule has 0 aliphatic heterocycles. The van der Waals surface area contributed by atoms with Gasteiger partial charge in [-0.25, -0.2) is 5.43 Å². The second-order valence-electron chi connectivity index (χ2n) is 4.13. The summed E-state index contributed by atoms with van der Waals surface area (Å²) in [6.45, 7) is 1.89. The van der Waals surface area contributed by atoms with Crippen LogP contribution in [0.15, 0.2) is 28.7 Å². The second-order valence-corrected chi connectivity index (χ2v) is 5.32. The molecule has 2 aromatic heterocycles. The van der Waals surface area contributed by atoms with Gasteiger partial charge in [0, 0.05) is 5.39 Å². The molecular weight excluding hydrogens is 284 g/mol. The maximum absolute atomic E-state index is 6.11. The van der Waals surface area contributed by atoms with Gasteiger partial charge in [-0.3, -0.25) is 5.84 Å². The summed E-state index contributed by atoms with van der Waals surface area (Å²) >= 11 is 7.40. The summed E-state index contributed by atoms with van der Waals surface area (Å²) in [6, 6.07) is 7.27. The molecule has 98 valence electrons. The van der Waals surface area contributed by atoms with Crippen molar-refractivity contribution in [3.8, 4) is 0 Å². The molecule has 0 saturated heterocycles. The molecule has 3 N–H and O–H groups in total. The van der Waals surface area contributed by atoms with Crippen molar-refractivity contribution < 1.29 is 4.42 Å². The van der Waals surface area contributed by atoms with Crippen LogP contribution in [0.2, 0.25) is 5.02 Å². The topological polar surface area (TPSA) is 77.0 Å². The normalized spacial score (nSPS) is 13.0. The third-order valence-electron chi connectivity index (χ3n) is 2.92. The lowest BCUT2D eigenvalue weighted by Crippen LogP contribution is -2.28. The minimum absolute atomic E-state index is 0.275. The highest BCUT2D eigenvalue weighted by molar-refractivity contribution is 7.05. The van der Waals surface area contributed by atoms with Crippen molar-refractivity contribution in [2.45, 2.75) is 13.0 Å². The van der Waals surface area contributed by atoms with E-state index >= 15 is 0 Å². The third-order valence-corrected chi connectivity index (χ3v) is 4.10. The summed E-state index contributed by atoms with van der Waals surface area (Å²) < 4.78 is 9.72. The van der Waals surface area contributed by atoms with E-state index < -0.39 is 0 Å². The lowest BCUT2D eigenvalue weighted by atomic mass is 10.1. The Morgan fingerprint density at radius 3 is 2.95 bits per heavy atom.